The van der Waals surface area contributed by atoms with E-state index in [2.05, 4.69) is 20.2 Å². The van der Waals surface area contributed by atoms with E-state index in [4.69, 9.17) is 10.5 Å². The number of para-hydroxylation sites is 1. The average molecular weight is 439 g/mol. The largest absolute Gasteiger partial charge is 0.378 e. The van der Waals surface area contributed by atoms with Crippen LogP contribution in [-0.4, -0.2) is 37.2 Å². The lowest BCUT2D eigenvalue weighted by molar-refractivity contribution is 0.122. The van der Waals surface area contributed by atoms with Gasteiger partial charge < -0.3 is 20.7 Å². The minimum atomic E-state index is 0. The number of nitrogens with zero attached hydrogens (tertiary/aromatic N) is 3. The summed E-state index contributed by atoms with van der Waals surface area (Å²) >= 11 is 0. The summed E-state index contributed by atoms with van der Waals surface area (Å²) in [5.41, 5.74) is 7.73. The molecule has 1 saturated heterocycles. The molecule has 0 radical (unpaired) electrons. The fourth-order valence-corrected chi connectivity index (χ4v) is 2.40. The number of rotatable bonds is 4. The zero-order valence-electron chi connectivity index (χ0n) is 13.4. The third-order valence-electron chi connectivity index (χ3n) is 3.58. The van der Waals surface area contributed by atoms with Crippen molar-refractivity contribution in [2.24, 2.45) is 10.7 Å². The van der Waals surface area contributed by atoms with Crippen LogP contribution < -0.4 is 16.0 Å². The summed E-state index contributed by atoms with van der Waals surface area (Å²) < 4.78 is 5.37. The van der Waals surface area contributed by atoms with Gasteiger partial charge in [0, 0.05) is 18.8 Å². The number of pyridine rings is 1. The number of aliphatic imine (C=N–C) groups is 1. The van der Waals surface area contributed by atoms with E-state index in [1.54, 1.807) is 0 Å². The maximum atomic E-state index is 5.92. The number of halogens is 1. The van der Waals surface area contributed by atoms with Crippen LogP contribution in [0.2, 0.25) is 0 Å². The van der Waals surface area contributed by atoms with Gasteiger partial charge in [0.15, 0.2) is 5.96 Å². The monoisotopic (exact) mass is 439 g/mol. The van der Waals surface area contributed by atoms with Crippen molar-refractivity contribution in [2.45, 2.75) is 6.54 Å². The first-order chi connectivity index (χ1) is 11.3. The summed E-state index contributed by atoms with van der Waals surface area (Å²) in [5, 5.41) is 3.06. The molecule has 1 aromatic carbocycles. The lowest BCUT2D eigenvalue weighted by Gasteiger charge is -2.27. The Bertz CT molecular complexity index is 659. The van der Waals surface area contributed by atoms with Crippen LogP contribution >= 0.6 is 24.0 Å². The smallest absolute Gasteiger partial charge is 0.193 e. The number of anilines is 2. The Kier molecular flexibility index (Phi) is 7.26. The molecular formula is C17H22IN5O. The van der Waals surface area contributed by atoms with E-state index in [0.717, 1.165) is 43.5 Å². The molecule has 0 atom stereocenters. The summed E-state index contributed by atoms with van der Waals surface area (Å²) in [7, 11) is 0. The summed E-state index contributed by atoms with van der Waals surface area (Å²) in [6.07, 6.45) is 0. The van der Waals surface area contributed by atoms with Gasteiger partial charge in [-0.25, -0.2) is 9.98 Å². The second-order valence-corrected chi connectivity index (χ2v) is 5.28. The van der Waals surface area contributed by atoms with Crippen molar-refractivity contribution in [3.8, 4) is 0 Å². The molecule has 0 bridgehead atoms. The van der Waals surface area contributed by atoms with Gasteiger partial charge in [-0.3, -0.25) is 0 Å². The molecule has 1 fully saturated rings. The van der Waals surface area contributed by atoms with Crippen molar-refractivity contribution >= 4 is 41.4 Å². The first kappa shape index (κ1) is 18.5. The van der Waals surface area contributed by atoms with Crippen LogP contribution in [0, 0.1) is 0 Å². The molecule has 2 aromatic rings. The van der Waals surface area contributed by atoms with Gasteiger partial charge in [-0.05, 0) is 24.3 Å². The molecule has 7 heteroatoms. The van der Waals surface area contributed by atoms with E-state index in [1.165, 1.54) is 0 Å². The van der Waals surface area contributed by atoms with E-state index in [9.17, 15) is 0 Å². The van der Waals surface area contributed by atoms with E-state index in [0.29, 0.717) is 12.5 Å². The highest BCUT2D eigenvalue weighted by molar-refractivity contribution is 14.0. The fourth-order valence-electron chi connectivity index (χ4n) is 2.40. The Balaban J connectivity index is 0.00000208. The van der Waals surface area contributed by atoms with Crippen LogP contribution in [-0.2, 0) is 11.3 Å². The molecular weight excluding hydrogens is 417 g/mol. The molecule has 24 heavy (non-hydrogen) atoms. The lowest BCUT2D eigenvalue weighted by Crippen LogP contribution is -2.36. The first-order valence-corrected chi connectivity index (χ1v) is 7.72. The van der Waals surface area contributed by atoms with Crippen molar-refractivity contribution in [1.82, 2.24) is 4.98 Å². The standard InChI is InChI=1S/C17H21N5O.HI/c18-17(21-14-5-2-1-3-6-14)19-13-15-7-4-8-16(20-15)22-9-11-23-12-10-22;/h1-8H,9-13H2,(H3,18,19,21);1H. The zero-order chi connectivity index (χ0) is 15.9. The Morgan fingerprint density at radius 2 is 1.88 bits per heavy atom. The molecule has 0 aliphatic carbocycles. The van der Waals surface area contributed by atoms with Gasteiger partial charge in [0.1, 0.15) is 5.82 Å². The minimum absolute atomic E-state index is 0. The zero-order valence-corrected chi connectivity index (χ0v) is 15.7. The molecule has 0 unspecified atom stereocenters. The minimum Gasteiger partial charge on any atom is -0.378 e. The SMILES string of the molecule is I.NC(=NCc1cccc(N2CCOCC2)n1)Nc1ccccc1. The molecule has 1 aromatic heterocycles. The van der Waals surface area contributed by atoms with Gasteiger partial charge in [-0.15, -0.1) is 24.0 Å². The van der Waals surface area contributed by atoms with E-state index in [1.807, 2.05) is 48.5 Å². The number of aromatic nitrogens is 1. The van der Waals surface area contributed by atoms with Gasteiger partial charge in [-0.1, -0.05) is 24.3 Å². The third-order valence-corrected chi connectivity index (χ3v) is 3.58. The number of nitrogens with two attached hydrogens (primary N) is 1. The lowest BCUT2D eigenvalue weighted by atomic mass is 10.3. The molecule has 0 amide bonds. The predicted octanol–water partition coefficient (Wildman–Crippen LogP) is 2.46. The Hall–Kier alpha value is -1.87. The molecule has 0 spiro atoms. The maximum absolute atomic E-state index is 5.92. The quantitative estimate of drug-likeness (QED) is 0.435. The van der Waals surface area contributed by atoms with Crippen molar-refractivity contribution in [3.63, 3.8) is 0 Å². The van der Waals surface area contributed by atoms with Gasteiger partial charge in [0.05, 0.1) is 25.5 Å². The van der Waals surface area contributed by atoms with E-state index >= 15 is 0 Å². The Morgan fingerprint density at radius 3 is 2.62 bits per heavy atom. The van der Waals surface area contributed by atoms with Crippen LogP contribution in [0.3, 0.4) is 0 Å². The Morgan fingerprint density at radius 1 is 1.12 bits per heavy atom. The van der Waals surface area contributed by atoms with Gasteiger partial charge >= 0.3 is 0 Å². The summed E-state index contributed by atoms with van der Waals surface area (Å²) in [4.78, 5) is 11.2. The number of benzene rings is 1. The number of hydrogen-bond acceptors (Lipinski definition) is 4. The van der Waals surface area contributed by atoms with Crippen LogP contribution in [0.5, 0.6) is 0 Å². The van der Waals surface area contributed by atoms with Crippen LogP contribution in [0.1, 0.15) is 5.69 Å². The predicted molar refractivity (Wildman–Crippen MR) is 108 cm³/mol. The van der Waals surface area contributed by atoms with E-state index in [-0.39, 0.29) is 24.0 Å². The average Bonchev–Trinajstić information content (AvgIpc) is 2.62. The summed E-state index contributed by atoms with van der Waals surface area (Å²) in [6, 6.07) is 15.7. The normalized spacial score (nSPS) is 14.8. The molecule has 0 saturated carbocycles. The van der Waals surface area contributed by atoms with Crippen LogP contribution in [0.25, 0.3) is 0 Å². The van der Waals surface area contributed by atoms with Gasteiger partial charge in [0.25, 0.3) is 0 Å². The van der Waals surface area contributed by atoms with Crippen molar-refractivity contribution in [1.29, 1.82) is 0 Å². The molecule has 6 nitrogen and oxygen atoms in total. The van der Waals surface area contributed by atoms with Crippen LogP contribution in [0.4, 0.5) is 11.5 Å². The number of guanidine groups is 1. The highest BCUT2D eigenvalue weighted by atomic mass is 127. The van der Waals surface area contributed by atoms with Gasteiger partial charge in [0.2, 0.25) is 0 Å². The number of morpholine rings is 1. The third kappa shape index (κ3) is 5.34. The van der Waals surface area contributed by atoms with Crippen LogP contribution in [0.15, 0.2) is 53.5 Å². The van der Waals surface area contributed by atoms with Crippen molar-refractivity contribution in [3.05, 3.63) is 54.2 Å². The molecule has 1 aliphatic rings. The number of ether oxygens (including phenoxy) is 1. The highest BCUT2D eigenvalue weighted by Gasteiger charge is 2.12. The topological polar surface area (TPSA) is 75.8 Å². The Labute approximate surface area is 159 Å². The number of hydrogen-bond donors (Lipinski definition) is 2. The molecule has 1 aliphatic heterocycles. The second-order valence-electron chi connectivity index (χ2n) is 5.28. The number of nitrogens with one attached hydrogen (secondary N) is 1. The summed E-state index contributed by atoms with van der Waals surface area (Å²) in [5.74, 6) is 1.35. The summed E-state index contributed by atoms with van der Waals surface area (Å²) in [6.45, 7) is 3.69. The highest BCUT2D eigenvalue weighted by Crippen LogP contribution is 2.13. The van der Waals surface area contributed by atoms with Crippen molar-refractivity contribution < 1.29 is 4.74 Å². The van der Waals surface area contributed by atoms with Crippen molar-refractivity contribution in [2.75, 3.05) is 36.5 Å². The first-order valence-electron chi connectivity index (χ1n) is 7.72. The molecule has 3 rings (SSSR count). The molecule has 2 heterocycles. The molecule has 128 valence electrons. The van der Waals surface area contributed by atoms with Gasteiger partial charge in [-0.2, -0.15) is 0 Å². The second kappa shape index (κ2) is 9.43. The van der Waals surface area contributed by atoms with E-state index < -0.39 is 0 Å². The maximum Gasteiger partial charge on any atom is 0.193 e. The fraction of sp³-hybridized carbons (Fsp3) is 0.294. The molecule has 3 N–H and O–H groups in total.